The average Bonchev–Trinajstić information content (AvgIpc) is 2.94. The topological polar surface area (TPSA) is 38.8 Å². The van der Waals surface area contributed by atoms with Crippen molar-refractivity contribution in [2.24, 2.45) is 0 Å². The molecule has 0 atom stereocenters. The van der Waals surface area contributed by atoms with Gasteiger partial charge in [0.2, 0.25) is 0 Å². The molecule has 1 aliphatic rings. The van der Waals surface area contributed by atoms with Gasteiger partial charge in [-0.05, 0) is 37.6 Å². The molecule has 0 spiro atoms. The highest BCUT2D eigenvalue weighted by atomic mass is 35.5. The van der Waals surface area contributed by atoms with Gasteiger partial charge in [-0.25, -0.2) is 8.78 Å². The van der Waals surface area contributed by atoms with E-state index in [9.17, 15) is 13.6 Å². The minimum atomic E-state index is -0.650. The number of halogens is 4. The van der Waals surface area contributed by atoms with E-state index in [4.69, 9.17) is 32.7 Å². The van der Waals surface area contributed by atoms with Gasteiger partial charge in [0.15, 0.2) is 11.5 Å². The Labute approximate surface area is 234 Å². The predicted octanol–water partition coefficient (Wildman–Crippen LogP) is 8.33. The number of alkyl halides is 1. The molecule has 37 heavy (non-hydrogen) atoms. The highest BCUT2D eigenvalue weighted by Crippen LogP contribution is 2.32. The summed E-state index contributed by atoms with van der Waals surface area (Å²) in [6.45, 7) is 12.4. The first-order chi connectivity index (χ1) is 17.8. The predicted molar refractivity (Wildman–Crippen MR) is 154 cm³/mol. The van der Waals surface area contributed by atoms with E-state index in [2.05, 4.69) is 6.58 Å². The van der Waals surface area contributed by atoms with Crippen LogP contribution in [0.5, 0.6) is 11.5 Å². The van der Waals surface area contributed by atoms with Crippen LogP contribution in [0.15, 0.2) is 60.2 Å². The van der Waals surface area contributed by atoms with Gasteiger partial charge < -0.3 is 14.4 Å². The molecule has 0 saturated carbocycles. The molecule has 0 bridgehead atoms. The van der Waals surface area contributed by atoms with Crippen molar-refractivity contribution >= 4 is 40.9 Å². The lowest BCUT2D eigenvalue weighted by molar-refractivity contribution is 0.0767. The monoisotopic (exact) mass is 575 g/mol. The number of nitrogens with zero attached hydrogens (tertiary/aromatic N) is 1. The lowest BCUT2D eigenvalue weighted by atomic mass is 10.1. The van der Waals surface area contributed by atoms with Gasteiger partial charge in [-0.2, -0.15) is 11.8 Å². The lowest BCUT2D eigenvalue weighted by Crippen LogP contribution is -2.38. The number of benzene rings is 2. The summed E-state index contributed by atoms with van der Waals surface area (Å²) in [5.41, 5.74) is 0.711. The Kier molecular flexibility index (Phi) is 19.5. The van der Waals surface area contributed by atoms with Gasteiger partial charge in [0.25, 0.3) is 5.91 Å². The van der Waals surface area contributed by atoms with Crippen molar-refractivity contribution in [3.05, 3.63) is 82.9 Å². The van der Waals surface area contributed by atoms with Crippen LogP contribution in [0.1, 0.15) is 43.6 Å². The smallest absolute Gasteiger partial charge is 0.257 e. The Morgan fingerprint density at radius 3 is 2.14 bits per heavy atom. The number of hydrogen-bond donors (Lipinski definition) is 0. The number of amides is 1. The highest BCUT2D eigenvalue weighted by Gasteiger charge is 2.23. The minimum absolute atomic E-state index is 0.0251. The molecule has 206 valence electrons. The first-order valence-electron chi connectivity index (χ1n) is 11.8. The van der Waals surface area contributed by atoms with E-state index < -0.39 is 5.82 Å². The third-order valence-electron chi connectivity index (χ3n) is 4.60. The van der Waals surface area contributed by atoms with E-state index in [0.717, 1.165) is 28.2 Å². The number of carbonyl (C=O) groups excluding carboxylic acids is 1. The van der Waals surface area contributed by atoms with Crippen LogP contribution in [0.2, 0.25) is 0 Å². The van der Waals surface area contributed by atoms with Crippen LogP contribution in [-0.4, -0.2) is 48.4 Å². The molecule has 2 aromatic rings. The molecule has 1 amide bonds. The maximum absolute atomic E-state index is 14.5. The van der Waals surface area contributed by atoms with Crippen molar-refractivity contribution in [1.82, 2.24) is 4.90 Å². The summed E-state index contributed by atoms with van der Waals surface area (Å²) in [5.74, 6) is 1.40. The number of methoxy groups -OCH3 is 1. The molecule has 0 aliphatic carbocycles. The molecule has 0 unspecified atom stereocenters. The average molecular weight is 577 g/mol. The molecule has 1 aliphatic heterocycles. The summed E-state index contributed by atoms with van der Waals surface area (Å²) >= 11 is 12.2. The minimum Gasteiger partial charge on any atom is -0.493 e. The van der Waals surface area contributed by atoms with E-state index in [-0.39, 0.29) is 35.4 Å². The van der Waals surface area contributed by atoms with Crippen LogP contribution in [0.25, 0.3) is 0 Å². The van der Waals surface area contributed by atoms with E-state index in [1.165, 1.54) is 25.3 Å². The summed E-state index contributed by atoms with van der Waals surface area (Å²) < 4.78 is 38.3. The molecule has 1 saturated heterocycles. The van der Waals surface area contributed by atoms with Crippen molar-refractivity contribution in [3.8, 4) is 11.5 Å². The molecule has 0 N–H and O–H groups in total. The summed E-state index contributed by atoms with van der Waals surface area (Å²) in [4.78, 5) is 14.2. The molecular formula is C28H37Cl2F2NO3S. The number of hydrogen-bond acceptors (Lipinski definition) is 4. The first-order valence-corrected chi connectivity index (χ1v) is 13.9. The van der Waals surface area contributed by atoms with Crippen LogP contribution < -0.4 is 9.47 Å². The number of carbonyl (C=O) groups is 1. The summed E-state index contributed by atoms with van der Waals surface area (Å²) in [7, 11) is 1.43. The van der Waals surface area contributed by atoms with E-state index in [0.29, 0.717) is 19.0 Å². The van der Waals surface area contributed by atoms with Crippen LogP contribution >= 0.6 is 35.0 Å². The Morgan fingerprint density at radius 1 is 1.14 bits per heavy atom. The largest absolute Gasteiger partial charge is 0.493 e. The molecule has 1 fully saturated rings. The SMILES string of the molecule is C/C=C(\C)Cl.C=CCCl.CC.COc1cc(C(=O)N2CCSCC2)c(F)cc1OCc1ccc(F)cc1. The molecule has 9 heteroatoms. The molecule has 0 radical (unpaired) electrons. The standard InChI is InChI=1S/C19H19F2NO3S.C4H7Cl.C3H5Cl.C2H6/c1-24-17-10-15(19(23)22-6-8-26-9-7-22)16(21)11-18(17)25-12-13-2-4-14(20)5-3-13;1-3-4(2)5;1-2-3-4;1-2/h2-5,10-11H,6-9,12H2,1H3;3H,1-2H3;2H,1,3H2;1-2H3/b;4-3+;;. The van der Waals surface area contributed by atoms with Gasteiger partial charge in [-0.15, -0.1) is 18.2 Å². The van der Waals surface area contributed by atoms with Gasteiger partial charge >= 0.3 is 0 Å². The van der Waals surface area contributed by atoms with Gasteiger partial charge in [-0.3, -0.25) is 4.79 Å². The number of ether oxygens (including phenoxy) is 2. The van der Waals surface area contributed by atoms with E-state index in [1.807, 2.05) is 33.8 Å². The maximum Gasteiger partial charge on any atom is 0.257 e. The number of thioether (sulfide) groups is 1. The second-order valence-electron chi connectivity index (χ2n) is 7.12. The Morgan fingerprint density at radius 2 is 1.68 bits per heavy atom. The van der Waals surface area contributed by atoms with Crippen molar-refractivity contribution < 1.29 is 23.0 Å². The zero-order chi connectivity index (χ0) is 28.2. The quantitative estimate of drug-likeness (QED) is 0.256. The second kappa shape index (κ2) is 20.8. The molecule has 0 aromatic heterocycles. The molecular weight excluding hydrogens is 539 g/mol. The van der Waals surface area contributed by atoms with Gasteiger partial charge in [0, 0.05) is 41.6 Å². The fraction of sp³-hybridized carbons (Fsp3) is 0.393. The van der Waals surface area contributed by atoms with Crippen LogP contribution in [-0.2, 0) is 6.61 Å². The zero-order valence-corrected chi connectivity index (χ0v) is 24.5. The number of rotatable bonds is 6. The molecule has 1 heterocycles. The fourth-order valence-electron chi connectivity index (χ4n) is 2.65. The first kappa shape index (κ1) is 34.8. The maximum atomic E-state index is 14.5. The Balaban J connectivity index is 0.00000100. The zero-order valence-electron chi connectivity index (χ0n) is 22.2. The van der Waals surface area contributed by atoms with Crippen LogP contribution in [0.4, 0.5) is 8.78 Å². The van der Waals surface area contributed by atoms with Gasteiger partial charge in [-0.1, -0.05) is 49.7 Å². The lowest BCUT2D eigenvalue weighted by Gasteiger charge is -2.26. The summed E-state index contributed by atoms with van der Waals surface area (Å²) in [6.07, 6.45) is 3.49. The summed E-state index contributed by atoms with van der Waals surface area (Å²) in [5, 5.41) is 0.852. The second-order valence-corrected chi connectivity index (χ2v) is 9.25. The van der Waals surface area contributed by atoms with Crippen molar-refractivity contribution in [1.29, 1.82) is 0 Å². The van der Waals surface area contributed by atoms with E-state index in [1.54, 1.807) is 34.9 Å². The Hall–Kier alpha value is -2.22. The summed E-state index contributed by atoms with van der Waals surface area (Å²) in [6, 6.07) is 8.37. The highest BCUT2D eigenvalue weighted by molar-refractivity contribution is 7.99. The van der Waals surface area contributed by atoms with Crippen molar-refractivity contribution in [3.63, 3.8) is 0 Å². The third-order valence-corrected chi connectivity index (χ3v) is 5.98. The van der Waals surface area contributed by atoms with E-state index >= 15 is 0 Å². The van der Waals surface area contributed by atoms with Crippen LogP contribution in [0, 0.1) is 11.6 Å². The van der Waals surface area contributed by atoms with Gasteiger partial charge in [0.05, 0.1) is 12.7 Å². The molecule has 3 rings (SSSR count). The van der Waals surface area contributed by atoms with Crippen LogP contribution in [0.3, 0.4) is 0 Å². The number of allylic oxidation sites excluding steroid dienone is 3. The molecule has 4 nitrogen and oxygen atoms in total. The van der Waals surface area contributed by atoms with Crippen molar-refractivity contribution in [2.75, 3.05) is 37.6 Å². The molecule has 2 aromatic carbocycles. The van der Waals surface area contributed by atoms with Gasteiger partial charge in [0.1, 0.15) is 18.2 Å². The van der Waals surface area contributed by atoms with Crippen molar-refractivity contribution in [2.45, 2.75) is 34.3 Å². The Bertz CT molecular complexity index is 963. The fourth-order valence-corrected chi connectivity index (χ4v) is 3.55. The third kappa shape index (κ3) is 13.8. The normalized spacial score (nSPS) is 12.5.